The van der Waals surface area contributed by atoms with E-state index >= 15 is 0 Å². The van der Waals surface area contributed by atoms with Crippen LogP contribution >= 0.6 is 23.5 Å². The number of hydrogen-bond acceptors (Lipinski definition) is 4. The third kappa shape index (κ3) is 3.70. The molecule has 0 fully saturated rings. The van der Waals surface area contributed by atoms with E-state index in [1.165, 1.54) is 17.3 Å². The Labute approximate surface area is 138 Å². The van der Waals surface area contributed by atoms with Crippen LogP contribution in [0.2, 0.25) is 0 Å². The second kappa shape index (κ2) is 6.99. The molecular weight excluding hydrogens is 310 g/mol. The monoisotopic (exact) mass is 325 g/mol. The van der Waals surface area contributed by atoms with Crippen molar-refractivity contribution in [3.05, 3.63) is 77.0 Å². The molecule has 0 unspecified atom stereocenters. The van der Waals surface area contributed by atoms with Gasteiger partial charge in [-0.25, -0.2) is 4.99 Å². The van der Waals surface area contributed by atoms with Crippen LogP contribution in [-0.2, 0) is 10.5 Å². The maximum Gasteiger partial charge on any atom is 0.244 e. The van der Waals surface area contributed by atoms with Crippen molar-refractivity contribution in [1.82, 2.24) is 0 Å². The molecule has 2 aromatic rings. The first-order valence-corrected chi connectivity index (χ1v) is 8.77. The molecule has 0 aliphatic carbocycles. The van der Waals surface area contributed by atoms with Crippen molar-refractivity contribution in [2.45, 2.75) is 12.7 Å². The van der Waals surface area contributed by atoms with E-state index in [4.69, 9.17) is 0 Å². The minimum absolute atomic E-state index is 0.0267. The van der Waals surface area contributed by atoms with Crippen LogP contribution in [0.5, 0.6) is 0 Å². The fourth-order valence-electron chi connectivity index (χ4n) is 2.07. The van der Waals surface area contributed by atoms with E-state index in [-0.39, 0.29) is 5.12 Å². The molecule has 0 spiro atoms. The summed E-state index contributed by atoms with van der Waals surface area (Å²) in [6, 6.07) is 18.2. The van der Waals surface area contributed by atoms with Gasteiger partial charge in [-0.05, 0) is 41.5 Å². The van der Waals surface area contributed by atoms with Crippen molar-refractivity contribution in [3.8, 4) is 0 Å². The van der Waals surface area contributed by atoms with Gasteiger partial charge in [-0.15, -0.1) is 0 Å². The number of nitrogens with zero attached hydrogens (tertiary/aromatic N) is 1. The summed E-state index contributed by atoms with van der Waals surface area (Å²) in [5.74, 6) is 0.831. The lowest BCUT2D eigenvalue weighted by Crippen LogP contribution is -1.89. The van der Waals surface area contributed by atoms with Crippen molar-refractivity contribution < 1.29 is 4.79 Å². The molecular formula is C18H15NOS2. The van der Waals surface area contributed by atoms with Crippen LogP contribution in [0.1, 0.15) is 16.7 Å². The molecule has 2 aromatic carbocycles. The molecule has 22 heavy (non-hydrogen) atoms. The summed E-state index contributed by atoms with van der Waals surface area (Å²) < 4.78 is 0.827. The minimum atomic E-state index is 0.0267. The summed E-state index contributed by atoms with van der Waals surface area (Å²) in [6.07, 6.45) is 1.88. The summed E-state index contributed by atoms with van der Waals surface area (Å²) in [6.45, 7) is 2.04. The number of hydrogen-bond donors (Lipinski definition) is 0. The van der Waals surface area contributed by atoms with Gasteiger partial charge in [0.05, 0.1) is 0 Å². The third-order valence-corrected chi connectivity index (χ3v) is 5.37. The van der Waals surface area contributed by atoms with Gasteiger partial charge in [0.15, 0.2) is 0 Å². The molecule has 4 heteroatoms. The molecule has 0 radical (unpaired) electrons. The minimum Gasteiger partial charge on any atom is -0.279 e. The SMILES string of the molecule is Cc1ccccc1C=C1N=C(SCc2ccccc2)SC1=O. The zero-order chi connectivity index (χ0) is 15.4. The number of aryl methyl sites for hydroxylation is 1. The van der Waals surface area contributed by atoms with Crippen LogP contribution in [0.4, 0.5) is 0 Å². The molecule has 0 saturated carbocycles. The van der Waals surface area contributed by atoms with Crippen LogP contribution in [0, 0.1) is 6.92 Å². The molecule has 3 rings (SSSR count). The van der Waals surface area contributed by atoms with E-state index < -0.39 is 0 Å². The number of benzene rings is 2. The number of aliphatic imine (C=N–C) groups is 1. The molecule has 0 atom stereocenters. The normalized spacial score (nSPS) is 16.1. The van der Waals surface area contributed by atoms with E-state index in [1.54, 1.807) is 11.8 Å². The van der Waals surface area contributed by atoms with Crippen molar-refractivity contribution in [2.24, 2.45) is 4.99 Å². The quantitative estimate of drug-likeness (QED) is 0.752. The topological polar surface area (TPSA) is 29.4 Å². The predicted octanol–water partition coefficient (Wildman–Crippen LogP) is 4.90. The van der Waals surface area contributed by atoms with Gasteiger partial charge in [-0.3, -0.25) is 4.79 Å². The van der Waals surface area contributed by atoms with E-state index in [1.807, 2.05) is 55.5 Å². The van der Waals surface area contributed by atoms with Crippen molar-refractivity contribution in [1.29, 1.82) is 0 Å². The van der Waals surface area contributed by atoms with Crippen molar-refractivity contribution in [3.63, 3.8) is 0 Å². The van der Waals surface area contributed by atoms with Crippen LogP contribution in [0.3, 0.4) is 0 Å². The standard InChI is InChI=1S/C18H15NOS2/c1-13-7-5-6-10-15(13)11-16-17(20)22-18(19-16)21-12-14-8-3-2-4-9-14/h2-11H,12H2,1H3. The van der Waals surface area contributed by atoms with Gasteiger partial charge < -0.3 is 0 Å². The van der Waals surface area contributed by atoms with E-state index in [9.17, 15) is 4.79 Å². The summed E-state index contributed by atoms with van der Waals surface area (Å²) >= 11 is 2.83. The lowest BCUT2D eigenvalue weighted by molar-refractivity contribution is -0.107. The smallest absolute Gasteiger partial charge is 0.244 e. The molecule has 0 bridgehead atoms. The predicted molar refractivity (Wildman–Crippen MR) is 96.9 cm³/mol. The van der Waals surface area contributed by atoms with Crippen LogP contribution in [0.25, 0.3) is 6.08 Å². The van der Waals surface area contributed by atoms with Gasteiger partial charge in [0, 0.05) is 5.75 Å². The Kier molecular flexibility index (Phi) is 4.80. The van der Waals surface area contributed by atoms with Crippen LogP contribution in [0.15, 0.2) is 65.3 Å². The molecule has 0 saturated heterocycles. The number of rotatable bonds is 3. The summed E-state index contributed by atoms with van der Waals surface area (Å²) in [5.41, 5.74) is 3.97. The molecule has 1 heterocycles. The van der Waals surface area contributed by atoms with Gasteiger partial charge >= 0.3 is 0 Å². The van der Waals surface area contributed by atoms with Gasteiger partial charge in [0.25, 0.3) is 0 Å². The molecule has 0 aromatic heterocycles. The summed E-state index contributed by atoms with van der Waals surface area (Å²) in [5, 5.41) is 0.0267. The highest BCUT2D eigenvalue weighted by molar-refractivity contribution is 8.45. The first kappa shape index (κ1) is 15.1. The molecule has 1 aliphatic heterocycles. The largest absolute Gasteiger partial charge is 0.279 e. The Bertz CT molecular complexity index is 751. The van der Waals surface area contributed by atoms with Gasteiger partial charge in [-0.1, -0.05) is 66.4 Å². The van der Waals surface area contributed by atoms with Crippen molar-refractivity contribution >= 4 is 39.1 Å². The lowest BCUT2D eigenvalue weighted by Gasteiger charge is -1.99. The Morgan fingerprint density at radius 2 is 1.82 bits per heavy atom. The number of carbonyl (C=O) groups is 1. The molecule has 110 valence electrons. The van der Waals surface area contributed by atoms with E-state index in [0.717, 1.165) is 21.3 Å². The number of thioether (sulfide) groups is 2. The zero-order valence-electron chi connectivity index (χ0n) is 12.2. The van der Waals surface area contributed by atoms with E-state index in [0.29, 0.717) is 5.70 Å². The fourth-order valence-corrected chi connectivity index (χ4v) is 3.86. The highest BCUT2D eigenvalue weighted by atomic mass is 32.2. The van der Waals surface area contributed by atoms with E-state index in [2.05, 4.69) is 17.1 Å². The average molecular weight is 325 g/mol. The Hall–Kier alpha value is -1.78. The molecule has 2 nitrogen and oxygen atoms in total. The lowest BCUT2D eigenvalue weighted by atomic mass is 10.1. The van der Waals surface area contributed by atoms with Gasteiger partial charge in [-0.2, -0.15) is 0 Å². The van der Waals surface area contributed by atoms with Crippen molar-refractivity contribution in [2.75, 3.05) is 0 Å². The Morgan fingerprint density at radius 1 is 1.09 bits per heavy atom. The highest BCUT2D eigenvalue weighted by Gasteiger charge is 2.22. The molecule has 0 N–H and O–H groups in total. The molecule has 0 amide bonds. The Morgan fingerprint density at radius 3 is 2.59 bits per heavy atom. The second-order valence-electron chi connectivity index (χ2n) is 4.93. The first-order valence-electron chi connectivity index (χ1n) is 6.97. The zero-order valence-corrected chi connectivity index (χ0v) is 13.8. The maximum absolute atomic E-state index is 12.1. The first-order chi connectivity index (χ1) is 10.7. The Balaban J connectivity index is 1.73. The molecule has 1 aliphatic rings. The second-order valence-corrected chi connectivity index (χ2v) is 7.11. The highest BCUT2D eigenvalue weighted by Crippen LogP contribution is 2.32. The van der Waals surface area contributed by atoms with Crippen LogP contribution in [-0.4, -0.2) is 9.49 Å². The fraction of sp³-hybridized carbons (Fsp3) is 0.111. The summed E-state index contributed by atoms with van der Waals surface area (Å²) in [4.78, 5) is 16.6. The average Bonchev–Trinajstić information content (AvgIpc) is 2.89. The summed E-state index contributed by atoms with van der Waals surface area (Å²) in [7, 11) is 0. The maximum atomic E-state index is 12.1. The van der Waals surface area contributed by atoms with Gasteiger partial charge in [0.1, 0.15) is 10.1 Å². The van der Waals surface area contributed by atoms with Gasteiger partial charge in [0.2, 0.25) is 5.12 Å². The number of carbonyl (C=O) groups excluding carboxylic acids is 1. The van der Waals surface area contributed by atoms with Crippen LogP contribution < -0.4 is 0 Å². The third-order valence-electron chi connectivity index (χ3n) is 3.29.